The number of hydrogen-bond donors (Lipinski definition) is 0. The molecule has 0 aliphatic carbocycles. The Balaban J connectivity index is 2.33. The van der Waals surface area contributed by atoms with Gasteiger partial charge in [0.05, 0.1) is 9.95 Å². The predicted molar refractivity (Wildman–Crippen MR) is 74.9 cm³/mol. The summed E-state index contributed by atoms with van der Waals surface area (Å²) in [6, 6.07) is 6.77. The van der Waals surface area contributed by atoms with Gasteiger partial charge >= 0.3 is 5.97 Å². The van der Waals surface area contributed by atoms with Crippen LogP contribution in [-0.4, -0.2) is 17.5 Å². The number of halogens is 1. The van der Waals surface area contributed by atoms with Crippen LogP contribution in [0.3, 0.4) is 0 Å². The first kappa shape index (κ1) is 14.6. The van der Waals surface area contributed by atoms with Crippen LogP contribution in [0.15, 0.2) is 34.7 Å². The highest BCUT2D eigenvalue weighted by molar-refractivity contribution is 6.33. The van der Waals surface area contributed by atoms with Gasteiger partial charge in [0.2, 0.25) is 5.76 Å². The van der Waals surface area contributed by atoms with E-state index in [0.717, 1.165) is 0 Å². The monoisotopic (exact) mass is 305 g/mol. The van der Waals surface area contributed by atoms with E-state index in [1.807, 2.05) is 0 Å². The number of carbonyl (C=O) groups excluding carboxylic acids is 1. The first-order chi connectivity index (χ1) is 10.0. The molecule has 106 valence electrons. The molecule has 0 aliphatic rings. The molecule has 0 fully saturated rings. The smallest absolute Gasteiger partial charge is 0.375 e. The lowest BCUT2D eigenvalue weighted by atomic mass is 10.1. The number of rotatable bonds is 4. The van der Waals surface area contributed by atoms with Crippen molar-refractivity contribution in [1.29, 1.82) is 0 Å². The number of terminal acetylenes is 1. The van der Waals surface area contributed by atoms with Crippen LogP contribution >= 0.6 is 11.6 Å². The van der Waals surface area contributed by atoms with Crippen molar-refractivity contribution in [3.05, 3.63) is 51.2 Å². The molecule has 0 spiro atoms. The second-order valence-electron chi connectivity index (χ2n) is 3.87. The number of hydrogen-bond acceptors (Lipinski definition) is 5. The Morgan fingerprint density at radius 2 is 2.19 bits per heavy atom. The summed E-state index contributed by atoms with van der Waals surface area (Å²) in [5, 5.41) is 11.0. The fraction of sp³-hybridized carbons (Fsp3) is 0.0714. The van der Waals surface area contributed by atoms with Crippen molar-refractivity contribution in [3.63, 3.8) is 0 Å². The largest absolute Gasteiger partial charge is 0.449 e. The molecule has 2 aromatic rings. The summed E-state index contributed by atoms with van der Waals surface area (Å²) in [4.78, 5) is 21.8. The van der Waals surface area contributed by atoms with Gasteiger partial charge < -0.3 is 9.15 Å². The molecule has 0 saturated heterocycles. The number of furan rings is 1. The molecule has 1 heterocycles. The lowest BCUT2D eigenvalue weighted by Crippen LogP contribution is -2.03. The van der Waals surface area contributed by atoms with E-state index in [4.69, 9.17) is 27.2 Å². The van der Waals surface area contributed by atoms with Crippen LogP contribution < -0.4 is 0 Å². The molecule has 0 N–H and O–H groups in total. The maximum atomic E-state index is 11.6. The molecule has 1 aromatic carbocycles. The third-order valence-electron chi connectivity index (χ3n) is 2.52. The van der Waals surface area contributed by atoms with Crippen LogP contribution in [0, 0.1) is 22.5 Å². The fourth-order valence-electron chi connectivity index (χ4n) is 1.59. The average Bonchev–Trinajstić information content (AvgIpc) is 2.94. The number of nitro groups is 1. The zero-order chi connectivity index (χ0) is 15.4. The van der Waals surface area contributed by atoms with E-state index in [9.17, 15) is 14.9 Å². The molecule has 6 nitrogen and oxygen atoms in total. The Hall–Kier alpha value is -2.78. The van der Waals surface area contributed by atoms with Crippen LogP contribution in [-0.2, 0) is 4.74 Å². The normalized spacial score (nSPS) is 9.90. The topological polar surface area (TPSA) is 82.6 Å². The highest BCUT2D eigenvalue weighted by atomic mass is 35.5. The third-order valence-corrected chi connectivity index (χ3v) is 2.85. The van der Waals surface area contributed by atoms with E-state index in [0.29, 0.717) is 5.56 Å². The minimum Gasteiger partial charge on any atom is -0.449 e. The van der Waals surface area contributed by atoms with E-state index in [1.54, 1.807) is 0 Å². The van der Waals surface area contributed by atoms with Crippen molar-refractivity contribution in [1.82, 2.24) is 0 Å². The number of non-ortho nitro benzene ring substituents is 1. The van der Waals surface area contributed by atoms with Gasteiger partial charge in [-0.15, -0.1) is 6.42 Å². The van der Waals surface area contributed by atoms with Gasteiger partial charge in [-0.25, -0.2) is 4.79 Å². The average molecular weight is 306 g/mol. The Bertz CT molecular complexity index is 744. The van der Waals surface area contributed by atoms with Crippen molar-refractivity contribution in [2.45, 2.75) is 0 Å². The van der Waals surface area contributed by atoms with Crippen LogP contribution in [0.25, 0.3) is 11.3 Å². The predicted octanol–water partition coefficient (Wildman–Crippen LogP) is 3.30. The Morgan fingerprint density at radius 3 is 2.86 bits per heavy atom. The van der Waals surface area contributed by atoms with Gasteiger partial charge in [-0.2, -0.15) is 0 Å². The van der Waals surface area contributed by atoms with Gasteiger partial charge in [0, 0.05) is 17.7 Å². The molecular weight excluding hydrogens is 298 g/mol. The standard InChI is InChI=1S/C14H8ClNO5/c1-2-7-20-14(17)13-6-5-12(21-13)10-8-9(16(18)19)3-4-11(10)15/h1,3-6,8H,7H2. The zero-order valence-corrected chi connectivity index (χ0v) is 11.3. The summed E-state index contributed by atoms with van der Waals surface area (Å²) in [7, 11) is 0. The Kier molecular flexibility index (Phi) is 4.26. The second-order valence-corrected chi connectivity index (χ2v) is 4.27. The van der Waals surface area contributed by atoms with Gasteiger partial charge in [0.15, 0.2) is 6.61 Å². The summed E-state index contributed by atoms with van der Waals surface area (Å²) in [6.45, 7) is -0.174. The van der Waals surface area contributed by atoms with Gasteiger partial charge in [-0.1, -0.05) is 17.5 Å². The molecule has 0 saturated carbocycles. The molecule has 1 aromatic heterocycles. The first-order valence-electron chi connectivity index (χ1n) is 5.67. The molecule has 21 heavy (non-hydrogen) atoms. The van der Waals surface area contributed by atoms with Crippen LogP contribution in [0.2, 0.25) is 5.02 Å². The minimum absolute atomic E-state index is 0.0668. The van der Waals surface area contributed by atoms with Gasteiger partial charge in [0.1, 0.15) is 5.76 Å². The van der Waals surface area contributed by atoms with Gasteiger partial charge in [-0.3, -0.25) is 10.1 Å². The maximum absolute atomic E-state index is 11.6. The van der Waals surface area contributed by atoms with E-state index in [1.165, 1.54) is 30.3 Å². The lowest BCUT2D eigenvalue weighted by Gasteiger charge is -2.01. The molecule has 7 heteroatoms. The molecule has 0 amide bonds. The van der Waals surface area contributed by atoms with E-state index in [2.05, 4.69) is 5.92 Å². The molecule has 0 atom stereocenters. The maximum Gasteiger partial charge on any atom is 0.375 e. The summed E-state index contributed by atoms with van der Waals surface area (Å²) < 4.78 is 10.0. The fourth-order valence-corrected chi connectivity index (χ4v) is 1.80. The van der Waals surface area contributed by atoms with E-state index in [-0.39, 0.29) is 28.8 Å². The molecule has 0 radical (unpaired) electrons. The van der Waals surface area contributed by atoms with Crippen LogP contribution in [0.5, 0.6) is 0 Å². The molecular formula is C14H8ClNO5. The van der Waals surface area contributed by atoms with Crippen molar-refractivity contribution >= 4 is 23.3 Å². The summed E-state index contributed by atoms with van der Waals surface area (Å²) in [5.74, 6) is 1.59. The zero-order valence-electron chi connectivity index (χ0n) is 10.5. The minimum atomic E-state index is -0.722. The number of esters is 1. The number of carbonyl (C=O) groups is 1. The Labute approximate surface area is 124 Å². The number of nitro benzene ring substituents is 1. The van der Waals surface area contributed by atoms with E-state index >= 15 is 0 Å². The van der Waals surface area contributed by atoms with Crippen molar-refractivity contribution in [3.8, 4) is 23.7 Å². The van der Waals surface area contributed by atoms with Crippen LogP contribution in [0.1, 0.15) is 10.6 Å². The van der Waals surface area contributed by atoms with Gasteiger partial charge in [-0.05, 0) is 18.2 Å². The van der Waals surface area contributed by atoms with E-state index < -0.39 is 10.9 Å². The second kappa shape index (κ2) is 6.11. The summed E-state index contributed by atoms with van der Waals surface area (Å²) in [5.41, 5.74) is 0.170. The molecule has 2 rings (SSSR count). The SMILES string of the molecule is C#CCOC(=O)c1ccc(-c2cc([N+](=O)[O-])ccc2Cl)o1. The number of ether oxygens (including phenoxy) is 1. The lowest BCUT2D eigenvalue weighted by molar-refractivity contribution is -0.384. The van der Waals surface area contributed by atoms with Crippen LogP contribution in [0.4, 0.5) is 5.69 Å². The molecule has 0 aliphatic heterocycles. The highest BCUT2D eigenvalue weighted by Gasteiger charge is 2.17. The van der Waals surface area contributed by atoms with Crippen molar-refractivity contribution < 1.29 is 18.9 Å². The first-order valence-corrected chi connectivity index (χ1v) is 6.05. The molecule has 0 bridgehead atoms. The summed E-state index contributed by atoms with van der Waals surface area (Å²) >= 11 is 5.98. The quantitative estimate of drug-likeness (QED) is 0.374. The third kappa shape index (κ3) is 3.22. The van der Waals surface area contributed by atoms with Crippen molar-refractivity contribution in [2.24, 2.45) is 0 Å². The van der Waals surface area contributed by atoms with Crippen molar-refractivity contribution in [2.75, 3.05) is 6.61 Å². The Morgan fingerprint density at radius 1 is 1.43 bits per heavy atom. The summed E-state index contributed by atoms with van der Waals surface area (Å²) in [6.07, 6.45) is 4.98. The molecule has 0 unspecified atom stereocenters. The highest BCUT2D eigenvalue weighted by Crippen LogP contribution is 2.32. The number of benzene rings is 1. The van der Waals surface area contributed by atoms with Gasteiger partial charge in [0.25, 0.3) is 5.69 Å². The number of nitrogens with zero attached hydrogens (tertiary/aromatic N) is 1.